The van der Waals surface area contributed by atoms with Crippen molar-refractivity contribution in [1.29, 1.82) is 0 Å². The first-order valence-corrected chi connectivity index (χ1v) is 6.19. The van der Waals surface area contributed by atoms with E-state index in [-0.39, 0.29) is 11.5 Å². The Hall–Kier alpha value is -2.76. The van der Waals surface area contributed by atoms with E-state index in [0.29, 0.717) is 29.1 Å². The molecule has 0 spiro atoms. The quantitative estimate of drug-likeness (QED) is 0.763. The van der Waals surface area contributed by atoms with Crippen LogP contribution in [0.1, 0.15) is 6.92 Å². The Kier molecular flexibility index (Phi) is 2.90. The van der Waals surface area contributed by atoms with Crippen LogP contribution >= 0.6 is 0 Å². The highest BCUT2D eigenvalue weighted by Crippen LogP contribution is 2.27. The molecule has 0 aliphatic heterocycles. The van der Waals surface area contributed by atoms with Gasteiger partial charge in [-0.1, -0.05) is 0 Å². The molecule has 0 unspecified atom stereocenters. The van der Waals surface area contributed by atoms with E-state index in [4.69, 9.17) is 4.74 Å². The lowest BCUT2D eigenvalue weighted by Crippen LogP contribution is -1.99. The summed E-state index contributed by atoms with van der Waals surface area (Å²) in [5.74, 6) is 0.740. The molecule has 3 rings (SSSR count). The molecule has 2 aromatic carbocycles. The number of hydrogen-bond acceptors (Lipinski definition) is 5. The Morgan fingerprint density at radius 2 is 1.85 bits per heavy atom. The van der Waals surface area contributed by atoms with Gasteiger partial charge in [0.1, 0.15) is 34.0 Å². The van der Waals surface area contributed by atoms with Crippen molar-refractivity contribution in [3.05, 3.63) is 36.4 Å². The lowest BCUT2D eigenvalue weighted by molar-refractivity contribution is 0.337. The molecule has 2 N–H and O–H groups in total. The van der Waals surface area contributed by atoms with Gasteiger partial charge >= 0.3 is 0 Å². The van der Waals surface area contributed by atoms with Crippen LogP contribution in [-0.2, 0) is 0 Å². The van der Waals surface area contributed by atoms with Gasteiger partial charge in [-0.3, -0.25) is 0 Å². The maximum Gasteiger partial charge on any atom is 0.146 e. The fourth-order valence-electron chi connectivity index (χ4n) is 1.94. The van der Waals surface area contributed by atoms with Gasteiger partial charge in [0.2, 0.25) is 0 Å². The number of aromatic hydroxyl groups is 2. The van der Waals surface area contributed by atoms with Crippen molar-refractivity contribution in [3.63, 3.8) is 0 Å². The summed E-state index contributed by atoms with van der Waals surface area (Å²) in [5, 5.41) is 27.9. The number of aromatic nitrogens is 3. The number of hydrogen-bond donors (Lipinski definition) is 2. The molecular formula is C14H13N3O3. The molecule has 102 valence electrons. The first-order chi connectivity index (χ1) is 9.67. The highest BCUT2D eigenvalue weighted by molar-refractivity contribution is 5.75. The van der Waals surface area contributed by atoms with Crippen molar-refractivity contribution in [1.82, 2.24) is 15.0 Å². The number of fused-ring (bicyclic) bond motifs is 1. The van der Waals surface area contributed by atoms with Gasteiger partial charge < -0.3 is 14.9 Å². The molecule has 0 bridgehead atoms. The number of ether oxygens (including phenoxy) is 1. The Bertz CT molecular complexity index is 767. The average Bonchev–Trinajstić information content (AvgIpc) is 2.81. The lowest BCUT2D eigenvalue weighted by atomic mass is 10.3. The van der Waals surface area contributed by atoms with Crippen LogP contribution in [0.5, 0.6) is 17.2 Å². The van der Waals surface area contributed by atoms with E-state index in [1.807, 2.05) is 6.92 Å². The van der Waals surface area contributed by atoms with Crippen LogP contribution in [0.25, 0.3) is 16.7 Å². The molecule has 0 saturated carbocycles. The normalized spacial score (nSPS) is 10.8. The van der Waals surface area contributed by atoms with Gasteiger partial charge in [0.25, 0.3) is 0 Å². The van der Waals surface area contributed by atoms with Gasteiger partial charge in [0.05, 0.1) is 6.61 Å². The van der Waals surface area contributed by atoms with Crippen molar-refractivity contribution < 1.29 is 14.9 Å². The zero-order valence-electron chi connectivity index (χ0n) is 10.8. The molecule has 0 aliphatic carbocycles. The van der Waals surface area contributed by atoms with E-state index in [2.05, 4.69) is 10.2 Å². The maximum atomic E-state index is 10.0. The molecule has 0 fully saturated rings. The average molecular weight is 271 g/mol. The predicted molar refractivity (Wildman–Crippen MR) is 73.4 cm³/mol. The zero-order chi connectivity index (χ0) is 14.1. The van der Waals surface area contributed by atoms with Gasteiger partial charge in [-0.2, -0.15) is 0 Å². The largest absolute Gasteiger partial charge is 0.508 e. The molecule has 0 amide bonds. The third kappa shape index (κ3) is 2.11. The molecule has 6 heteroatoms. The topological polar surface area (TPSA) is 80.4 Å². The monoisotopic (exact) mass is 271 g/mol. The van der Waals surface area contributed by atoms with E-state index >= 15 is 0 Å². The number of nitrogens with zero attached hydrogens (tertiary/aromatic N) is 3. The van der Waals surface area contributed by atoms with Crippen LogP contribution in [0, 0.1) is 0 Å². The van der Waals surface area contributed by atoms with Gasteiger partial charge in [-0.25, -0.2) is 0 Å². The first-order valence-electron chi connectivity index (χ1n) is 6.19. The molecule has 3 aromatic rings. The summed E-state index contributed by atoms with van der Waals surface area (Å²) in [4.78, 5) is 1.33. The van der Waals surface area contributed by atoms with Gasteiger partial charge in [0.15, 0.2) is 0 Å². The minimum Gasteiger partial charge on any atom is -0.508 e. The zero-order valence-corrected chi connectivity index (χ0v) is 10.8. The number of phenolic OH excluding ortho intramolecular Hbond substituents is 2. The molecule has 0 aliphatic rings. The van der Waals surface area contributed by atoms with Crippen LogP contribution in [0.2, 0.25) is 0 Å². The van der Waals surface area contributed by atoms with Crippen molar-refractivity contribution in [2.75, 3.05) is 6.61 Å². The fourth-order valence-corrected chi connectivity index (χ4v) is 1.94. The second-order valence-electron chi connectivity index (χ2n) is 4.25. The lowest BCUT2D eigenvalue weighted by Gasteiger charge is -2.06. The van der Waals surface area contributed by atoms with Crippen LogP contribution in [0.4, 0.5) is 0 Å². The minimum atomic E-state index is 0.0282. The smallest absolute Gasteiger partial charge is 0.146 e. The van der Waals surface area contributed by atoms with E-state index in [1.165, 1.54) is 16.9 Å². The Morgan fingerprint density at radius 1 is 1.05 bits per heavy atom. The third-order valence-electron chi connectivity index (χ3n) is 2.84. The van der Waals surface area contributed by atoms with E-state index in [9.17, 15) is 10.2 Å². The summed E-state index contributed by atoms with van der Waals surface area (Å²) in [6, 6.07) is 9.66. The molecule has 1 aromatic heterocycles. The van der Waals surface area contributed by atoms with Crippen LogP contribution in [-0.4, -0.2) is 31.8 Å². The van der Waals surface area contributed by atoms with Crippen molar-refractivity contribution >= 4 is 11.0 Å². The maximum absolute atomic E-state index is 10.0. The summed E-state index contributed by atoms with van der Waals surface area (Å²) in [6.07, 6.45) is 0. The molecular weight excluding hydrogens is 258 g/mol. The van der Waals surface area contributed by atoms with Crippen LogP contribution in [0.15, 0.2) is 36.4 Å². The molecule has 0 radical (unpaired) electrons. The van der Waals surface area contributed by atoms with Gasteiger partial charge in [0, 0.05) is 12.1 Å². The summed E-state index contributed by atoms with van der Waals surface area (Å²) < 4.78 is 5.31. The Balaban J connectivity index is 2.06. The van der Waals surface area contributed by atoms with E-state index in [1.54, 1.807) is 24.3 Å². The van der Waals surface area contributed by atoms with Crippen LogP contribution < -0.4 is 4.74 Å². The molecule has 1 heterocycles. The Morgan fingerprint density at radius 3 is 2.60 bits per heavy atom. The second-order valence-corrected chi connectivity index (χ2v) is 4.25. The molecule has 6 nitrogen and oxygen atoms in total. The van der Waals surface area contributed by atoms with Crippen molar-refractivity contribution in [2.45, 2.75) is 6.92 Å². The molecule has 0 saturated heterocycles. The van der Waals surface area contributed by atoms with Crippen LogP contribution in [0.3, 0.4) is 0 Å². The van der Waals surface area contributed by atoms with Crippen molar-refractivity contribution in [2.24, 2.45) is 0 Å². The number of benzene rings is 2. The van der Waals surface area contributed by atoms with Gasteiger partial charge in [-0.15, -0.1) is 15.0 Å². The SMILES string of the molecule is CCOc1ccc(-n2nc3ccc(O)cc3n2)c(O)c1. The summed E-state index contributed by atoms with van der Waals surface area (Å²) in [7, 11) is 0. The highest BCUT2D eigenvalue weighted by Gasteiger charge is 2.10. The van der Waals surface area contributed by atoms with Gasteiger partial charge in [-0.05, 0) is 31.2 Å². The fraction of sp³-hybridized carbons (Fsp3) is 0.143. The standard InChI is InChI=1S/C14H13N3O3/c1-2-20-10-4-6-13(14(19)8-10)17-15-11-5-3-9(18)7-12(11)16-17/h3-8,18-19H,2H2,1H3. The first kappa shape index (κ1) is 12.3. The number of phenols is 2. The summed E-state index contributed by atoms with van der Waals surface area (Å²) >= 11 is 0. The van der Waals surface area contributed by atoms with E-state index in [0.717, 1.165) is 0 Å². The second kappa shape index (κ2) is 4.73. The molecule has 20 heavy (non-hydrogen) atoms. The Labute approximate surface area is 114 Å². The molecule has 0 atom stereocenters. The number of rotatable bonds is 3. The predicted octanol–water partition coefficient (Wildman–Crippen LogP) is 2.23. The van der Waals surface area contributed by atoms with Crippen molar-refractivity contribution in [3.8, 4) is 22.9 Å². The summed E-state index contributed by atoms with van der Waals surface area (Å²) in [6.45, 7) is 2.40. The van der Waals surface area contributed by atoms with E-state index < -0.39 is 0 Å². The minimum absolute atomic E-state index is 0.0282. The third-order valence-corrected chi connectivity index (χ3v) is 2.84. The highest BCUT2D eigenvalue weighted by atomic mass is 16.5. The summed E-state index contributed by atoms with van der Waals surface area (Å²) in [5.41, 5.74) is 1.64.